The normalized spacial score (nSPS) is 12.2. The van der Waals surface area contributed by atoms with E-state index in [2.05, 4.69) is 15.6 Å². The highest BCUT2D eigenvalue weighted by Gasteiger charge is 2.12. The van der Waals surface area contributed by atoms with Crippen molar-refractivity contribution in [3.63, 3.8) is 0 Å². The fourth-order valence-corrected chi connectivity index (χ4v) is 2.93. The maximum atomic E-state index is 12.4. The van der Waals surface area contributed by atoms with Crippen molar-refractivity contribution < 1.29 is 14.3 Å². The Morgan fingerprint density at radius 1 is 0.897 bits per heavy atom. The SMILES string of the molecule is CN(C)c1ccc(NC(=O)c2ccc(Nc3ccc4c(c3)OCCO4)cn2)cc1. The molecule has 0 aliphatic carbocycles. The number of benzene rings is 2. The van der Waals surface area contributed by atoms with Gasteiger partial charge in [-0.3, -0.25) is 4.79 Å². The summed E-state index contributed by atoms with van der Waals surface area (Å²) < 4.78 is 11.1. The first-order valence-corrected chi connectivity index (χ1v) is 9.30. The van der Waals surface area contributed by atoms with E-state index in [-0.39, 0.29) is 5.91 Å². The summed E-state index contributed by atoms with van der Waals surface area (Å²) in [5.74, 6) is 1.20. The molecule has 1 amide bonds. The van der Waals surface area contributed by atoms with Crippen molar-refractivity contribution in [2.45, 2.75) is 0 Å². The number of nitrogens with one attached hydrogen (secondary N) is 2. The van der Waals surface area contributed by atoms with Gasteiger partial charge < -0.3 is 25.0 Å². The second kappa shape index (κ2) is 8.10. The molecule has 0 bridgehead atoms. The van der Waals surface area contributed by atoms with Gasteiger partial charge in [-0.1, -0.05) is 0 Å². The number of carbonyl (C=O) groups is 1. The quantitative estimate of drug-likeness (QED) is 0.688. The molecule has 2 N–H and O–H groups in total. The molecule has 7 nitrogen and oxygen atoms in total. The summed E-state index contributed by atoms with van der Waals surface area (Å²) in [7, 11) is 3.94. The van der Waals surface area contributed by atoms with Gasteiger partial charge in [-0.25, -0.2) is 4.98 Å². The molecule has 1 aromatic heterocycles. The number of ether oxygens (including phenoxy) is 2. The first-order valence-electron chi connectivity index (χ1n) is 9.30. The molecule has 0 radical (unpaired) electrons. The summed E-state index contributed by atoms with van der Waals surface area (Å²) in [6, 6.07) is 16.8. The number of aromatic nitrogens is 1. The lowest BCUT2D eigenvalue weighted by Crippen LogP contribution is -2.15. The average molecular weight is 390 g/mol. The molecule has 1 aliphatic rings. The van der Waals surface area contributed by atoms with Gasteiger partial charge in [-0.15, -0.1) is 0 Å². The van der Waals surface area contributed by atoms with Gasteiger partial charge >= 0.3 is 0 Å². The van der Waals surface area contributed by atoms with E-state index in [1.807, 2.05) is 67.5 Å². The van der Waals surface area contributed by atoms with Crippen LogP contribution in [0.5, 0.6) is 11.5 Å². The zero-order chi connectivity index (χ0) is 20.2. The monoisotopic (exact) mass is 390 g/mol. The molecule has 148 valence electrons. The van der Waals surface area contributed by atoms with E-state index in [4.69, 9.17) is 9.47 Å². The first-order chi connectivity index (χ1) is 14.1. The maximum Gasteiger partial charge on any atom is 0.274 e. The van der Waals surface area contributed by atoms with Crippen LogP contribution in [0, 0.1) is 0 Å². The van der Waals surface area contributed by atoms with Crippen LogP contribution in [0.15, 0.2) is 60.8 Å². The lowest BCUT2D eigenvalue weighted by Gasteiger charge is -2.19. The Balaban J connectivity index is 1.40. The topological polar surface area (TPSA) is 75.7 Å². The van der Waals surface area contributed by atoms with Gasteiger partial charge in [-0.05, 0) is 48.5 Å². The van der Waals surface area contributed by atoms with E-state index in [0.717, 1.165) is 28.5 Å². The third-order valence-corrected chi connectivity index (χ3v) is 4.47. The maximum absolute atomic E-state index is 12.4. The van der Waals surface area contributed by atoms with Crippen molar-refractivity contribution in [2.24, 2.45) is 0 Å². The van der Waals surface area contributed by atoms with Crippen molar-refractivity contribution in [2.75, 3.05) is 42.8 Å². The molecule has 4 rings (SSSR count). The highest BCUT2D eigenvalue weighted by Crippen LogP contribution is 2.33. The molecule has 0 saturated heterocycles. The van der Waals surface area contributed by atoms with Crippen LogP contribution in [-0.2, 0) is 0 Å². The number of pyridine rings is 1. The van der Waals surface area contributed by atoms with Gasteiger partial charge in [0.25, 0.3) is 5.91 Å². The summed E-state index contributed by atoms with van der Waals surface area (Å²) >= 11 is 0. The van der Waals surface area contributed by atoms with Crippen LogP contribution in [0.25, 0.3) is 0 Å². The number of anilines is 4. The third-order valence-electron chi connectivity index (χ3n) is 4.47. The van der Waals surface area contributed by atoms with Crippen LogP contribution in [0.2, 0.25) is 0 Å². The molecule has 0 spiro atoms. The fraction of sp³-hybridized carbons (Fsp3) is 0.182. The number of fused-ring (bicyclic) bond motifs is 1. The highest BCUT2D eigenvalue weighted by molar-refractivity contribution is 6.03. The molecule has 0 fully saturated rings. The minimum absolute atomic E-state index is 0.256. The molecule has 3 aromatic rings. The molecule has 0 saturated carbocycles. The lowest BCUT2D eigenvalue weighted by atomic mass is 10.2. The zero-order valence-electron chi connectivity index (χ0n) is 16.3. The standard InChI is InChI=1S/C22H22N4O3/c1-26(2)18-7-3-15(4-8-18)25-22(27)19-9-5-17(14-23-19)24-16-6-10-20-21(13-16)29-12-11-28-20/h3-10,13-14,24H,11-12H2,1-2H3,(H,25,27). The highest BCUT2D eigenvalue weighted by atomic mass is 16.6. The molecular formula is C22H22N4O3. The second-order valence-corrected chi connectivity index (χ2v) is 6.81. The minimum atomic E-state index is -0.256. The average Bonchev–Trinajstić information content (AvgIpc) is 2.74. The minimum Gasteiger partial charge on any atom is -0.486 e. The van der Waals surface area contributed by atoms with E-state index in [1.54, 1.807) is 12.3 Å². The predicted octanol–water partition coefficient (Wildman–Crippen LogP) is 3.91. The molecule has 2 heterocycles. The number of carbonyl (C=O) groups excluding carboxylic acids is 1. The summed E-state index contributed by atoms with van der Waals surface area (Å²) in [6.07, 6.45) is 1.63. The Bertz CT molecular complexity index is 1000. The number of nitrogens with zero attached hydrogens (tertiary/aromatic N) is 2. The first kappa shape index (κ1) is 18.6. The van der Waals surface area contributed by atoms with Crippen molar-refractivity contribution in [1.29, 1.82) is 0 Å². The van der Waals surface area contributed by atoms with Crippen LogP contribution in [0.4, 0.5) is 22.7 Å². The summed E-state index contributed by atoms with van der Waals surface area (Å²) in [5.41, 5.74) is 3.76. The van der Waals surface area contributed by atoms with E-state index in [1.165, 1.54) is 0 Å². The van der Waals surface area contributed by atoms with Gasteiger partial charge in [0.05, 0.1) is 11.9 Å². The van der Waals surface area contributed by atoms with E-state index in [0.29, 0.717) is 24.7 Å². The molecule has 7 heteroatoms. The lowest BCUT2D eigenvalue weighted by molar-refractivity contribution is 0.102. The van der Waals surface area contributed by atoms with Gasteiger partial charge in [0, 0.05) is 37.2 Å². The third kappa shape index (κ3) is 4.40. The summed E-state index contributed by atoms with van der Waals surface area (Å²) in [5, 5.41) is 6.11. The van der Waals surface area contributed by atoms with Crippen molar-refractivity contribution >= 4 is 28.7 Å². The second-order valence-electron chi connectivity index (χ2n) is 6.81. The van der Waals surface area contributed by atoms with Gasteiger partial charge in [0.2, 0.25) is 0 Å². The van der Waals surface area contributed by atoms with Crippen LogP contribution >= 0.6 is 0 Å². The molecule has 0 atom stereocenters. The molecule has 2 aromatic carbocycles. The fourth-order valence-electron chi connectivity index (χ4n) is 2.93. The molecule has 29 heavy (non-hydrogen) atoms. The summed E-state index contributed by atoms with van der Waals surface area (Å²) in [6.45, 7) is 1.10. The predicted molar refractivity (Wildman–Crippen MR) is 114 cm³/mol. The van der Waals surface area contributed by atoms with Crippen molar-refractivity contribution in [3.8, 4) is 11.5 Å². The van der Waals surface area contributed by atoms with Crippen molar-refractivity contribution in [3.05, 3.63) is 66.5 Å². The van der Waals surface area contributed by atoms with Gasteiger partial charge in [0.15, 0.2) is 11.5 Å². The van der Waals surface area contributed by atoms with Crippen LogP contribution < -0.4 is 25.0 Å². The van der Waals surface area contributed by atoms with Crippen LogP contribution in [0.3, 0.4) is 0 Å². The summed E-state index contributed by atoms with van der Waals surface area (Å²) in [4.78, 5) is 18.7. The van der Waals surface area contributed by atoms with E-state index < -0.39 is 0 Å². The smallest absolute Gasteiger partial charge is 0.274 e. The van der Waals surface area contributed by atoms with Crippen LogP contribution in [0.1, 0.15) is 10.5 Å². The Morgan fingerprint density at radius 2 is 1.59 bits per heavy atom. The Kier molecular flexibility index (Phi) is 5.20. The Morgan fingerprint density at radius 3 is 2.28 bits per heavy atom. The van der Waals surface area contributed by atoms with Gasteiger partial charge in [-0.2, -0.15) is 0 Å². The van der Waals surface area contributed by atoms with E-state index in [9.17, 15) is 4.79 Å². The number of amides is 1. The molecular weight excluding hydrogens is 368 g/mol. The van der Waals surface area contributed by atoms with Gasteiger partial charge in [0.1, 0.15) is 18.9 Å². The largest absolute Gasteiger partial charge is 0.486 e. The number of hydrogen-bond acceptors (Lipinski definition) is 6. The van der Waals surface area contributed by atoms with Crippen LogP contribution in [-0.4, -0.2) is 38.2 Å². The number of rotatable bonds is 5. The molecule has 1 aliphatic heterocycles. The molecule has 0 unspecified atom stereocenters. The van der Waals surface area contributed by atoms with Crippen molar-refractivity contribution in [1.82, 2.24) is 4.98 Å². The zero-order valence-corrected chi connectivity index (χ0v) is 16.3. The van der Waals surface area contributed by atoms with E-state index >= 15 is 0 Å². The Labute approximate surface area is 169 Å². The Hall–Kier alpha value is -3.74. The number of hydrogen-bond donors (Lipinski definition) is 2.